The molecule has 92 valence electrons. The number of carbonyl (C=O) groups excluding carboxylic acids is 2. The molecule has 0 aromatic rings. The third kappa shape index (κ3) is 2.65. The molecule has 1 rings (SSSR count). The van der Waals surface area contributed by atoms with E-state index in [9.17, 15) is 9.59 Å². The van der Waals surface area contributed by atoms with Gasteiger partial charge >= 0.3 is 12.1 Å². The van der Waals surface area contributed by atoms with E-state index < -0.39 is 23.2 Å². The van der Waals surface area contributed by atoms with E-state index in [2.05, 4.69) is 10.1 Å². The molecule has 0 unspecified atom stereocenters. The van der Waals surface area contributed by atoms with Crippen molar-refractivity contribution in [2.45, 2.75) is 45.3 Å². The maximum absolute atomic E-state index is 11.5. The van der Waals surface area contributed by atoms with Gasteiger partial charge in [-0.2, -0.15) is 0 Å². The molecular formula is C11H19NO4. The lowest BCUT2D eigenvalue weighted by Crippen LogP contribution is -2.47. The van der Waals surface area contributed by atoms with Crippen molar-refractivity contribution in [1.82, 2.24) is 5.32 Å². The molecule has 1 N–H and O–H groups in total. The highest BCUT2D eigenvalue weighted by atomic mass is 16.6. The Morgan fingerprint density at radius 3 is 2.19 bits per heavy atom. The summed E-state index contributed by atoms with van der Waals surface area (Å²) < 4.78 is 9.77. The Morgan fingerprint density at radius 1 is 1.38 bits per heavy atom. The largest absolute Gasteiger partial charge is 0.467 e. The summed E-state index contributed by atoms with van der Waals surface area (Å²) in [6, 6.07) is 0. The van der Waals surface area contributed by atoms with Crippen molar-refractivity contribution < 1.29 is 19.1 Å². The number of hydrogen-bond donors (Lipinski definition) is 1. The molecule has 16 heavy (non-hydrogen) atoms. The molecule has 2 atom stereocenters. The van der Waals surface area contributed by atoms with Crippen LogP contribution in [0.1, 0.15) is 34.1 Å². The van der Waals surface area contributed by atoms with E-state index in [1.807, 2.05) is 6.92 Å². The van der Waals surface area contributed by atoms with Crippen LogP contribution in [-0.4, -0.2) is 30.3 Å². The molecule has 1 aliphatic carbocycles. The van der Waals surface area contributed by atoms with E-state index in [-0.39, 0.29) is 5.92 Å². The zero-order valence-electron chi connectivity index (χ0n) is 10.4. The molecular weight excluding hydrogens is 210 g/mol. The molecule has 1 saturated carbocycles. The van der Waals surface area contributed by atoms with Gasteiger partial charge in [-0.25, -0.2) is 9.59 Å². The third-order valence-corrected chi connectivity index (χ3v) is 2.58. The first-order chi connectivity index (χ1) is 7.21. The summed E-state index contributed by atoms with van der Waals surface area (Å²) in [7, 11) is 1.31. The SMILES string of the molecule is COC(=O)[C@]1(NC(=O)OC(C)(C)C)C[C@H]1C. The van der Waals surface area contributed by atoms with Crippen LogP contribution in [0.4, 0.5) is 4.79 Å². The van der Waals surface area contributed by atoms with Gasteiger partial charge in [0.25, 0.3) is 0 Å². The van der Waals surface area contributed by atoms with Gasteiger partial charge in [0.2, 0.25) is 0 Å². The zero-order valence-corrected chi connectivity index (χ0v) is 10.4. The second kappa shape index (κ2) is 3.96. The zero-order chi connectivity index (χ0) is 12.6. The van der Waals surface area contributed by atoms with Crippen LogP contribution in [0.2, 0.25) is 0 Å². The average Bonchev–Trinajstić information content (AvgIpc) is 2.72. The van der Waals surface area contributed by atoms with E-state index >= 15 is 0 Å². The van der Waals surface area contributed by atoms with Crippen molar-refractivity contribution in [3.05, 3.63) is 0 Å². The van der Waals surface area contributed by atoms with Gasteiger partial charge in [-0.15, -0.1) is 0 Å². The number of esters is 1. The maximum atomic E-state index is 11.5. The van der Waals surface area contributed by atoms with Crippen molar-refractivity contribution in [2.24, 2.45) is 5.92 Å². The highest BCUT2D eigenvalue weighted by Gasteiger charge is 2.60. The monoisotopic (exact) mass is 229 g/mol. The topological polar surface area (TPSA) is 64.6 Å². The van der Waals surface area contributed by atoms with Gasteiger partial charge in [0.1, 0.15) is 11.1 Å². The number of ether oxygens (including phenoxy) is 2. The molecule has 1 fully saturated rings. The van der Waals surface area contributed by atoms with Crippen LogP contribution in [-0.2, 0) is 14.3 Å². The number of hydrogen-bond acceptors (Lipinski definition) is 4. The maximum Gasteiger partial charge on any atom is 0.408 e. The first-order valence-electron chi connectivity index (χ1n) is 5.31. The number of methoxy groups -OCH3 is 1. The number of rotatable bonds is 2. The van der Waals surface area contributed by atoms with Gasteiger partial charge in [-0.3, -0.25) is 0 Å². The van der Waals surface area contributed by atoms with Gasteiger partial charge in [-0.05, 0) is 33.1 Å². The lowest BCUT2D eigenvalue weighted by molar-refractivity contribution is -0.144. The minimum atomic E-state index is -0.878. The molecule has 0 heterocycles. The van der Waals surface area contributed by atoms with E-state index in [4.69, 9.17) is 4.74 Å². The number of carbonyl (C=O) groups is 2. The molecule has 0 aliphatic heterocycles. The van der Waals surface area contributed by atoms with E-state index in [1.54, 1.807) is 20.8 Å². The standard InChI is InChI=1S/C11H19NO4/c1-7-6-11(7,8(13)15-5)12-9(14)16-10(2,3)4/h7H,6H2,1-5H3,(H,12,14)/t7-,11+/m1/s1. The van der Waals surface area contributed by atoms with Gasteiger partial charge in [0.05, 0.1) is 7.11 Å². The Hall–Kier alpha value is -1.26. The molecule has 5 nitrogen and oxygen atoms in total. The molecule has 0 aromatic heterocycles. The normalized spacial score (nSPS) is 28.2. The molecule has 5 heteroatoms. The Morgan fingerprint density at radius 2 is 1.88 bits per heavy atom. The molecule has 0 radical (unpaired) electrons. The quantitative estimate of drug-likeness (QED) is 0.728. The summed E-state index contributed by atoms with van der Waals surface area (Å²) >= 11 is 0. The lowest BCUT2D eigenvalue weighted by Gasteiger charge is -2.22. The number of amides is 1. The fourth-order valence-electron chi connectivity index (χ4n) is 1.60. The minimum absolute atomic E-state index is 0.0902. The van der Waals surface area contributed by atoms with E-state index in [1.165, 1.54) is 7.11 Å². The van der Waals surface area contributed by atoms with Crippen molar-refractivity contribution in [3.8, 4) is 0 Å². The predicted molar refractivity (Wildman–Crippen MR) is 57.9 cm³/mol. The summed E-state index contributed by atoms with van der Waals surface area (Å²) in [5, 5.41) is 2.59. The Balaban J connectivity index is 2.59. The third-order valence-electron chi connectivity index (χ3n) is 2.58. The van der Waals surface area contributed by atoms with Crippen LogP contribution in [0, 0.1) is 5.92 Å². The van der Waals surface area contributed by atoms with Crippen LogP contribution in [0.5, 0.6) is 0 Å². The lowest BCUT2D eigenvalue weighted by atomic mass is 10.2. The highest BCUT2D eigenvalue weighted by molar-refractivity contribution is 5.89. The molecule has 0 bridgehead atoms. The first-order valence-corrected chi connectivity index (χ1v) is 5.31. The van der Waals surface area contributed by atoms with Crippen LogP contribution in [0.3, 0.4) is 0 Å². The second-order valence-corrected chi connectivity index (χ2v) is 5.19. The van der Waals surface area contributed by atoms with Crippen molar-refractivity contribution in [3.63, 3.8) is 0 Å². The molecule has 1 aliphatic rings. The Bertz CT molecular complexity index is 308. The Labute approximate surface area is 95.5 Å². The molecule has 0 saturated heterocycles. The van der Waals surface area contributed by atoms with E-state index in [0.29, 0.717) is 6.42 Å². The van der Waals surface area contributed by atoms with Crippen molar-refractivity contribution >= 4 is 12.1 Å². The number of alkyl carbamates (subject to hydrolysis) is 1. The summed E-state index contributed by atoms with van der Waals surface area (Å²) in [5.74, 6) is -0.321. The van der Waals surface area contributed by atoms with Gasteiger partial charge < -0.3 is 14.8 Å². The van der Waals surface area contributed by atoms with Crippen LogP contribution >= 0.6 is 0 Å². The fraction of sp³-hybridized carbons (Fsp3) is 0.818. The van der Waals surface area contributed by atoms with Crippen molar-refractivity contribution in [2.75, 3.05) is 7.11 Å². The first kappa shape index (κ1) is 12.8. The van der Waals surface area contributed by atoms with Crippen molar-refractivity contribution in [1.29, 1.82) is 0 Å². The smallest absolute Gasteiger partial charge is 0.408 e. The van der Waals surface area contributed by atoms with Gasteiger partial charge in [0.15, 0.2) is 0 Å². The van der Waals surface area contributed by atoms with Crippen LogP contribution in [0.15, 0.2) is 0 Å². The highest BCUT2D eigenvalue weighted by Crippen LogP contribution is 2.44. The molecule has 0 aromatic carbocycles. The van der Waals surface area contributed by atoms with Gasteiger partial charge in [-0.1, -0.05) is 6.92 Å². The average molecular weight is 229 g/mol. The Kier molecular flexibility index (Phi) is 3.17. The summed E-state index contributed by atoms with van der Waals surface area (Å²) in [4.78, 5) is 23.1. The van der Waals surface area contributed by atoms with Crippen LogP contribution < -0.4 is 5.32 Å². The number of nitrogens with one attached hydrogen (secondary N) is 1. The second-order valence-electron chi connectivity index (χ2n) is 5.19. The van der Waals surface area contributed by atoms with E-state index in [0.717, 1.165) is 0 Å². The summed E-state index contributed by atoms with van der Waals surface area (Å²) in [6.07, 6.45) is 0.0149. The summed E-state index contributed by atoms with van der Waals surface area (Å²) in [5.41, 5.74) is -1.45. The predicted octanol–water partition coefficient (Wildman–Crippen LogP) is 1.46. The minimum Gasteiger partial charge on any atom is -0.467 e. The fourth-order valence-corrected chi connectivity index (χ4v) is 1.60. The van der Waals surface area contributed by atoms with Gasteiger partial charge in [0, 0.05) is 0 Å². The van der Waals surface area contributed by atoms with Crippen LogP contribution in [0.25, 0.3) is 0 Å². The summed E-state index contributed by atoms with van der Waals surface area (Å²) in [6.45, 7) is 7.20. The molecule has 1 amide bonds. The molecule has 0 spiro atoms.